The van der Waals surface area contributed by atoms with Crippen molar-refractivity contribution in [3.05, 3.63) is 70.7 Å². The van der Waals surface area contributed by atoms with Gasteiger partial charge in [-0.25, -0.2) is 4.79 Å². The Morgan fingerprint density at radius 3 is 2.44 bits per heavy atom. The van der Waals surface area contributed by atoms with Crippen LogP contribution in [0.4, 0.5) is 4.79 Å². The van der Waals surface area contributed by atoms with Crippen LogP contribution in [-0.2, 0) is 21.5 Å². The van der Waals surface area contributed by atoms with Gasteiger partial charge in [-0.15, -0.1) is 0 Å². The van der Waals surface area contributed by atoms with Gasteiger partial charge in [0.2, 0.25) is 5.91 Å². The summed E-state index contributed by atoms with van der Waals surface area (Å²) in [6, 6.07) is 15.8. The van der Waals surface area contributed by atoms with Crippen molar-refractivity contribution in [3.8, 4) is 0 Å². The van der Waals surface area contributed by atoms with E-state index in [2.05, 4.69) is 10.6 Å². The highest BCUT2D eigenvalue weighted by Gasteiger charge is 2.49. The fourth-order valence-corrected chi connectivity index (χ4v) is 3.14. The Bertz CT molecular complexity index is 855. The number of nitrogens with one attached hydrogen (secondary N) is 2. The van der Waals surface area contributed by atoms with Crippen molar-refractivity contribution in [2.24, 2.45) is 0 Å². The third-order valence-corrected chi connectivity index (χ3v) is 4.83. The van der Waals surface area contributed by atoms with E-state index in [9.17, 15) is 14.4 Å². The molecule has 0 radical (unpaired) electrons. The molecule has 0 aliphatic carbocycles. The van der Waals surface area contributed by atoms with Crippen LogP contribution in [0.15, 0.2) is 54.6 Å². The number of benzene rings is 2. The average molecular weight is 386 g/mol. The van der Waals surface area contributed by atoms with Crippen molar-refractivity contribution in [1.82, 2.24) is 15.5 Å². The van der Waals surface area contributed by atoms with E-state index in [0.717, 1.165) is 10.5 Å². The summed E-state index contributed by atoms with van der Waals surface area (Å²) in [5, 5.41) is 5.95. The van der Waals surface area contributed by atoms with Crippen LogP contribution in [0.25, 0.3) is 0 Å². The molecule has 27 heavy (non-hydrogen) atoms. The fraction of sp³-hybridized carbons (Fsp3) is 0.250. The maximum absolute atomic E-state index is 12.8. The summed E-state index contributed by atoms with van der Waals surface area (Å²) in [4.78, 5) is 38.1. The summed E-state index contributed by atoms with van der Waals surface area (Å²) in [5.41, 5.74) is 0.492. The standard InChI is InChI=1S/C20H20ClN3O3/c1-20(15-7-9-16(21)10-8-15)18(26)24(19(27)23-20)13-17(25)22-12-11-14-5-3-2-4-6-14/h2-10H,11-13H2,1H3,(H,22,25)(H,23,27)/t20-/m1/s1. The van der Waals surface area contributed by atoms with Crippen LogP contribution < -0.4 is 10.6 Å². The van der Waals surface area contributed by atoms with Crippen LogP contribution in [0, 0.1) is 0 Å². The number of halogens is 1. The molecule has 0 saturated carbocycles. The van der Waals surface area contributed by atoms with Gasteiger partial charge in [0.1, 0.15) is 12.1 Å². The first-order chi connectivity index (χ1) is 12.9. The second-order valence-corrected chi connectivity index (χ2v) is 6.98. The molecule has 0 unspecified atom stereocenters. The third kappa shape index (κ3) is 4.11. The lowest BCUT2D eigenvalue weighted by atomic mass is 9.92. The van der Waals surface area contributed by atoms with E-state index < -0.39 is 17.5 Å². The molecule has 1 heterocycles. The largest absolute Gasteiger partial charge is 0.354 e. The Labute approximate surface area is 162 Å². The van der Waals surface area contributed by atoms with Crippen LogP contribution >= 0.6 is 11.6 Å². The summed E-state index contributed by atoms with van der Waals surface area (Å²) in [5.74, 6) is -0.845. The topological polar surface area (TPSA) is 78.5 Å². The van der Waals surface area contributed by atoms with Crippen LogP contribution in [0.2, 0.25) is 5.02 Å². The van der Waals surface area contributed by atoms with Crippen molar-refractivity contribution in [3.63, 3.8) is 0 Å². The van der Waals surface area contributed by atoms with Gasteiger partial charge in [-0.3, -0.25) is 14.5 Å². The zero-order valence-corrected chi connectivity index (χ0v) is 15.6. The summed E-state index contributed by atoms with van der Waals surface area (Å²) in [6.07, 6.45) is 0.676. The minimum Gasteiger partial charge on any atom is -0.354 e. The number of amides is 4. The van der Waals surface area contributed by atoms with Crippen LogP contribution in [0.3, 0.4) is 0 Å². The molecular weight excluding hydrogens is 366 g/mol. The Hall–Kier alpha value is -2.86. The van der Waals surface area contributed by atoms with E-state index in [1.165, 1.54) is 0 Å². The molecule has 140 valence electrons. The number of nitrogens with zero attached hydrogens (tertiary/aromatic N) is 1. The van der Waals surface area contributed by atoms with Gasteiger partial charge in [0, 0.05) is 11.6 Å². The van der Waals surface area contributed by atoms with Gasteiger partial charge in [-0.2, -0.15) is 0 Å². The molecule has 4 amide bonds. The molecule has 6 nitrogen and oxygen atoms in total. The molecule has 1 saturated heterocycles. The van der Waals surface area contributed by atoms with Gasteiger partial charge < -0.3 is 10.6 Å². The first kappa shape index (κ1) is 18.9. The lowest BCUT2D eigenvalue weighted by Crippen LogP contribution is -2.43. The highest BCUT2D eigenvalue weighted by molar-refractivity contribution is 6.30. The number of carbonyl (C=O) groups excluding carboxylic acids is 3. The van der Waals surface area contributed by atoms with Gasteiger partial charge in [0.05, 0.1) is 0 Å². The zero-order valence-electron chi connectivity index (χ0n) is 14.9. The zero-order chi connectivity index (χ0) is 19.4. The second-order valence-electron chi connectivity index (χ2n) is 6.54. The van der Waals surface area contributed by atoms with E-state index >= 15 is 0 Å². The average Bonchev–Trinajstić information content (AvgIpc) is 2.87. The molecule has 3 rings (SSSR count). The molecule has 1 aliphatic heterocycles. The van der Waals surface area contributed by atoms with Crippen molar-refractivity contribution in [2.45, 2.75) is 18.9 Å². The Balaban J connectivity index is 1.60. The van der Waals surface area contributed by atoms with Crippen LogP contribution in [0.5, 0.6) is 0 Å². The van der Waals surface area contributed by atoms with Crippen molar-refractivity contribution in [1.29, 1.82) is 0 Å². The molecule has 0 aromatic heterocycles. The lowest BCUT2D eigenvalue weighted by Gasteiger charge is -2.22. The van der Waals surface area contributed by atoms with E-state index in [1.807, 2.05) is 30.3 Å². The predicted molar refractivity (Wildman–Crippen MR) is 102 cm³/mol. The first-order valence-corrected chi connectivity index (χ1v) is 8.99. The first-order valence-electron chi connectivity index (χ1n) is 8.61. The molecule has 2 aromatic carbocycles. The SMILES string of the molecule is C[C@]1(c2ccc(Cl)cc2)NC(=O)N(CC(=O)NCCc2ccccc2)C1=O. The molecule has 1 aliphatic rings. The fourth-order valence-electron chi connectivity index (χ4n) is 3.01. The number of hydrogen-bond donors (Lipinski definition) is 2. The molecule has 1 atom stereocenters. The van der Waals surface area contributed by atoms with Crippen molar-refractivity contribution < 1.29 is 14.4 Å². The maximum atomic E-state index is 12.8. The van der Waals surface area contributed by atoms with Crippen LogP contribution in [-0.4, -0.2) is 35.8 Å². The normalized spacial score (nSPS) is 19.1. The summed E-state index contributed by atoms with van der Waals surface area (Å²) < 4.78 is 0. The van der Waals surface area contributed by atoms with Gasteiger partial charge >= 0.3 is 6.03 Å². The minimum absolute atomic E-state index is 0.317. The van der Waals surface area contributed by atoms with E-state index in [4.69, 9.17) is 11.6 Å². The van der Waals surface area contributed by atoms with Crippen molar-refractivity contribution in [2.75, 3.05) is 13.1 Å². The molecule has 1 fully saturated rings. The molecule has 0 spiro atoms. The van der Waals surface area contributed by atoms with Crippen LogP contribution in [0.1, 0.15) is 18.1 Å². The molecule has 0 bridgehead atoms. The Morgan fingerprint density at radius 2 is 1.78 bits per heavy atom. The quantitative estimate of drug-likeness (QED) is 0.750. The third-order valence-electron chi connectivity index (χ3n) is 4.58. The monoisotopic (exact) mass is 385 g/mol. The van der Waals surface area contributed by atoms with Gasteiger partial charge in [-0.05, 0) is 36.6 Å². The van der Waals surface area contributed by atoms with Gasteiger partial charge in [-0.1, -0.05) is 54.1 Å². The number of imide groups is 1. The molecule has 2 aromatic rings. The Morgan fingerprint density at radius 1 is 1.11 bits per heavy atom. The van der Waals surface area contributed by atoms with E-state index in [1.54, 1.807) is 31.2 Å². The van der Waals surface area contributed by atoms with Gasteiger partial charge in [0.15, 0.2) is 0 Å². The summed E-state index contributed by atoms with van der Waals surface area (Å²) in [6.45, 7) is 1.73. The number of carbonyl (C=O) groups is 3. The molecule has 2 N–H and O–H groups in total. The summed E-state index contributed by atoms with van der Waals surface area (Å²) in [7, 11) is 0. The number of rotatable bonds is 6. The molecule has 7 heteroatoms. The number of hydrogen-bond acceptors (Lipinski definition) is 3. The maximum Gasteiger partial charge on any atom is 0.325 e. The van der Waals surface area contributed by atoms with Gasteiger partial charge in [0.25, 0.3) is 5.91 Å². The Kier molecular flexibility index (Phi) is 5.46. The number of urea groups is 1. The van der Waals surface area contributed by atoms with Crippen molar-refractivity contribution >= 4 is 29.4 Å². The van der Waals surface area contributed by atoms with E-state index in [0.29, 0.717) is 23.6 Å². The predicted octanol–water partition coefficient (Wildman–Crippen LogP) is 2.47. The highest BCUT2D eigenvalue weighted by Crippen LogP contribution is 2.29. The second kappa shape index (κ2) is 7.80. The minimum atomic E-state index is -1.22. The van der Waals surface area contributed by atoms with E-state index in [-0.39, 0.29) is 12.5 Å². The smallest absolute Gasteiger partial charge is 0.325 e. The summed E-state index contributed by atoms with van der Waals surface area (Å²) >= 11 is 5.88. The highest BCUT2D eigenvalue weighted by atomic mass is 35.5. The molecular formula is C20H20ClN3O3. The lowest BCUT2D eigenvalue weighted by molar-refractivity contribution is -0.134.